The zero-order chi connectivity index (χ0) is 20.7. The molecule has 2 aromatic rings. The van der Waals surface area contributed by atoms with Crippen molar-refractivity contribution in [2.24, 2.45) is 5.92 Å². The number of carbonyl (C=O) groups excluding carboxylic acids is 2. The second-order valence-corrected chi connectivity index (χ2v) is 9.98. The molecule has 2 aliphatic heterocycles. The second-order valence-electron chi connectivity index (χ2n) is 7.42. The first kappa shape index (κ1) is 20.3. The Kier molecular flexibility index (Phi) is 5.64. The number of halogens is 1. The number of hydrogen-bond donors (Lipinski definition) is 0. The predicted octanol–water partition coefficient (Wildman–Crippen LogP) is 5.22. The molecule has 0 radical (unpaired) electrons. The van der Waals surface area contributed by atoms with E-state index < -0.39 is 0 Å². The molecule has 2 aliphatic rings. The van der Waals surface area contributed by atoms with E-state index >= 15 is 0 Å². The Hall–Kier alpha value is -1.96. The summed E-state index contributed by atoms with van der Waals surface area (Å²) >= 11 is 10.2. The summed E-state index contributed by atoms with van der Waals surface area (Å²) in [5, 5.41) is 0. The zero-order valence-electron chi connectivity index (χ0n) is 16.0. The quantitative estimate of drug-likeness (QED) is 0.438. The summed E-state index contributed by atoms with van der Waals surface area (Å²) < 4.78 is 1.37. The largest absolute Gasteiger partial charge is 0.303 e. The van der Waals surface area contributed by atoms with Crippen LogP contribution in [-0.2, 0) is 16.1 Å². The summed E-state index contributed by atoms with van der Waals surface area (Å²) in [6.45, 7) is 5.08. The van der Waals surface area contributed by atoms with Crippen molar-refractivity contribution in [3.8, 4) is 0 Å². The fraction of sp³-hybridized carbons (Fsp3) is 0.227. The van der Waals surface area contributed by atoms with E-state index in [1.165, 1.54) is 11.8 Å². The molecule has 0 unspecified atom stereocenters. The number of fused-ring (bicyclic) bond motifs is 1. The van der Waals surface area contributed by atoms with Gasteiger partial charge in [-0.2, -0.15) is 0 Å². The van der Waals surface area contributed by atoms with Gasteiger partial charge in [-0.05, 0) is 29.7 Å². The first-order valence-corrected chi connectivity index (χ1v) is 11.3. The Morgan fingerprint density at radius 3 is 2.45 bits per heavy atom. The van der Waals surface area contributed by atoms with E-state index in [2.05, 4.69) is 15.9 Å². The molecule has 148 valence electrons. The van der Waals surface area contributed by atoms with Crippen LogP contribution in [0.25, 0.3) is 5.57 Å². The van der Waals surface area contributed by atoms with E-state index in [-0.39, 0.29) is 17.7 Å². The Morgan fingerprint density at radius 2 is 1.76 bits per heavy atom. The third-order valence-electron chi connectivity index (χ3n) is 4.79. The normalized spacial score (nSPS) is 19.0. The van der Waals surface area contributed by atoms with Gasteiger partial charge in [-0.15, -0.1) is 0 Å². The Balaban J connectivity index is 1.80. The van der Waals surface area contributed by atoms with Crippen molar-refractivity contribution in [2.75, 3.05) is 11.4 Å². The van der Waals surface area contributed by atoms with Crippen LogP contribution >= 0.6 is 39.9 Å². The van der Waals surface area contributed by atoms with E-state index in [4.69, 9.17) is 12.2 Å². The average molecular weight is 487 g/mol. The minimum Gasteiger partial charge on any atom is -0.303 e. The number of thioether (sulfide) groups is 1. The van der Waals surface area contributed by atoms with Gasteiger partial charge in [0, 0.05) is 16.6 Å². The Morgan fingerprint density at radius 1 is 1.03 bits per heavy atom. The molecule has 0 aliphatic carbocycles. The fourth-order valence-electron chi connectivity index (χ4n) is 3.52. The zero-order valence-corrected chi connectivity index (χ0v) is 19.2. The number of benzene rings is 2. The van der Waals surface area contributed by atoms with Gasteiger partial charge in [0.15, 0.2) is 0 Å². The van der Waals surface area contributed by atoms with E-state index in [1.807, 2.05) is 62.4 Å². The number of anilines is 1. The molecule has 7 heteroatoms. The van der Waals surface area contributed by atoms with Crippen LogP contribution in [0.3, 0.4) is 0 Å². The highest BCUT2D eigenvalue weighted by atomic mass is 79.9. The molecule has 0 saturated carbocycles. The lowest BCUT2D eigenvalue weighted by Gasteiger charge is -2.17. The highest BCUT2D eigenvalue weighted by molar-refractivity contribution is 9.10. The van der Waals surface area contributed by atoms with Crippen LogP contribution in [0.5, 0.6) is 0 Å². The van der Waals surface area contributed by atoms with Crippen molar-refractivity contribution in [1.82, 2.24) is 4.90 Å². The van der Waals surface area contributed by atoms with Crippen LogP contribution < -0.4 is 4.90 Å². The maximum absolute atomic E-state index is 13.5. The van der Waals surface area contributed by atoms with Crippen LogP contribution in [-0.4, -0.2) is 27.6 Å². The van der Waals surface area contributed by atoms with E-state index in [0.717, 1.165) is 21.3 Å². The van der Waals surface area contributed by atoms with Crippen molar-refractivity contribution in [3.05, 3.63) is 69.0 Å². The lowest BCUT2D eigenvalue weighted by molar-refractivity contribution is -0.122. The SMILES string of the molecule is CC(C)CN1C(=O)/C(=C2/C(=O)N(Cc3ccccc3)c3ccc(Br)cc32)SC1=S. The van der Waals surface area contributed by atoms with Gasteiger partial charge in [-0.1, -0.05) is 84.1 Å². The molecule has 0 atom stereocenters. The van der Waals surface area contributed by atoms with Crippen molar-refractivity contribution in [3.63, 3.8) is 0 Å². The predicted molar refractivity (Wildman–Crippen MR) is 125 cm³/mol. The summed E-state index contributed by atoms with van der Waals surface area (Å²) in [6, 6.07) is 15.6. The van der Waals surface area contributed by atoms with Crippen molar-refractivity contribution in [2.45, 2.75) is 20.4 Å². The number of amides is 2. The number of thiocarbonyl (C=S) groups is 1. The van der Waals surface area contributed by atoms with Gasteiger partial charge < -0.3 is 4.90 Å². The van der Waals surface area contributed by atoms with Crippen molar-refractivity contribution in [1.29, 1.82) is 0 Å². The molecular formula is C22H19BrN2O2S2. The molecule has 1 saturated heterocycles. The lowest BCUT2D eigenvalue weighted by atomic mass is 10.1. The van der Waals surface area contributed by atoms with Crippen LogP contribution in [0.1, 0.15) is 25.0 Å². The molecule has 2 amide bonds. The van der Waals surface area contributed by atoms with E-state index in [1.54, 1.807) is 9.80 Å². The summed E-state index contributed by atoms with van der Waals surface area (Å²) in [5.41, 5.74) is 3.06. The molecule has 2 aromatic carbocycles. The number of carbonyl (C=O) groups is 2. The van der Waals surface area contributed by atoms with Gasteiger partial charge in [0.05, 0.1) is 22.7 Å². The van der Waals surface area contributed by atoms with Crippen LogP contribution in [0, 0.1) is 5.92 Å². The maximum Gasteiger partial charge on any atom is 0.267 e. The molecule has 0 spiro atoms. The van der Waals surface area contributed by atoms with Crippen molar-refractivity contribution >= 4 is 67.3 Å². The highest BCUT2D eigenvalue weighted by Gasteiger charge is 2.42. The first-order valence-electron chi connectivity index (χ1n) is 9.30. The van der Waals surface area contributed by atoms with Gasteiger partial charge in [-0.3, -0.25) is 14.5 Å². The number of nitrogens with zero attached hydrogens (tertiary/aromatic N) is 2. The van der Waals surface area contributed by atoms with E-state index in [0.29, 0.717) is 27.9 Å². The molecule has 0 N–H and O–H groups in total. The van der Waals surface area contributed by atoms with Gasteiger partial charge in [-0.25, -0.2) is 0 Å². The minimum atomic E-state index is -0.176. The molecule has 4 rings (SSSR count). The third-order valence-corrected chi connectivity index (χ3v) is 6.73. The van der Waals surface area contributed by atoms with Gasteiger partial charge >= 0.3 is 0 Å². The molecule has 0 bridgehead atoms. The molecular weight excluding hydrogens is 468 g/mol. The number of hydrogen-bond acceptors (Lipinski definition) is 4. The molecule has 0 aromatic heterocycles. The smallest absolute Gasteiger partial charge is 0.267 e. The summed E-state index contributed by atoms with van der Waals surface area (Å²) in [7, 11) is 0. The average Bonchev–Trinajstić information content (AvgIpc) is 3.10. The van der Waals surface area contributed by atoms with Gasteiger partial charge in [0.2, 0.25) is 0 Å². The summed E-state index contributed by atoms with van der Waals surface area (Å²) in [6.07, 6.45) is 0. The standard InChI is InChI=1S/C22H19BrN2O2S2/c1-13(2)11-25-21(27)19(29-22(25)28)18-16-10-15(23)8-9-17(16)24(20(18)26)12-14-6-4-3-5-7-14/h3-10,13H,11-12H2,1-2H3/b19-18-. The minimum absolute atomic E-state index is 0.160. The molecule has 2 heterocycles. The summed E-state index contributed by atoms with van der Waals surface area (Å²) in [4.78, 5) is 30.4. The topological polar surface area (TPSA) is 40.6 Å². The Bertz CT molecular complexity index is 1050. The Labute approximate surface area is 188 Å². The molecule has 4 nitrogen and oxygen atoms in total. The highest BCUT2D eigenvalue weighted by Crippen LogP contribution is 2.46. The second kappa shape index (κ2) is 8.05. The van der Waals surface area contributed by atoms with Crippen LogP contribution in [0.15, 0.2) is 57.9 Å². The third kappa shape index (κ3) is 3.79. The van der Waals surface area contributed by atoms with E-state index in [9.17, 15) is 9.59 Å². The van der Waals surface area contributed by atoms with Crippen LogP contribution in [0.2, 0.25) is 0 Å². The molecule has 1 fully saturated rings. The van der Waals surface area contributed by atoms with Gasteiger partial charge in [0.25, 0.3) is 11.8 Å². The maximum atomic E-state index is 13.5. The van der Waals surface area contributed by atoms with Crippen molar-refractivity contribution < 1.29 is 9.59 Å². The first-order chi connectivity index (χ1) is 13.9. The molecule has 29 heavy (non-hydrogen) atoms. The monoisotopic (exact) mass is 486 g/mol. The number of rotatable bonds is 4. The van der Waals surface area contributed by atoms with Gasteiger partial charge in [0.1, 0.15) is 4.32 Å². The fourth-order valence-corrected chi connectivity index (χ4v) is 5.23. The lowest BCUT2D eigenvalue weighted by Crippen LogP contribution is -2.32. The summed E-state index contributed by atoms with van der Waals surface area (Å²) in [5.74, 6) is -0.0475. The van der Waals surface area contributed by atoms with Crippen LogP contribution in [0.4, 0.5) is 5.69 Å².